The Morgan fingerprint density at radius 2 is 0.711 bits per heavy atom. The summed E-state index contributed by atoms with van der Waals surface area (Å²) in [6.07, 6.45) is 38.6. The molecule has 0 aromatic carbocycles. The van der Waals surface area contributed by atoms with Gasteiger partial charge in [0, 0.05) is 6.61 Å². The van der Waals surface area contributed by atoms with Crippen LogP contribution < -0.4 is 0 Å². The Hall–Kier alpha value is -0.0800. The van der Waals surface area contributed by atoms with Gasteiger partial charge >= 0.3 is 0 Å². The molecular weight excluding hydrogens is 464 g/mol. The van der Waals surface area contributed by atoms with Crippen LogP contribution in [0.2, 0.25) is 0 Å². The van der Waals surface area contributed by atoms with Gasteiger partial charge < -0.3 is 10.2 Å². The predicted molar refractivity (Wildman–Crippen MR) is 171 cm³/mol. The fraction of sp³-hybridized carbons (Fsp3) is 1.00. The van der Waals surface area contributed by atoms with Crippen LogP contribution in [0.3, 0.4) is 0 Å². The van der Waals surface area contributed by atoms with Crippen molar-refractivity contribution in [1.29, 1.82) is 0 Å². The molecule has 38 heavy (non-hydrogen) atoms. The van der Waals surface area contributed by atoms with E-state index in [2.05, 4.69) is 20.8 Å². The van der Waals surface area contributed by atoms with Crippen LogP contribution in [-0.2, 0) is 0 Å². The Balaban J connectivity index is 3.54. The zero-order valence-corrected chi connectivity index (χ0v) is 26.8. The molecule has 2 heteroatoms. The van der Waals surface area contributed by atoms with Crippen molar-refractivity contribution in [1.82, 2.24) is 0 Å². The van der Waals surface area contributed by atoms with Crippen LogP contribution in [0, 0.1) is 11.8 Å². The molecule has 0 spiro atoms. The van der Waals surface area contributed by atoms with Crippen LogP contribution in [0.25, 0.3) is 0 Å². The second kappa shape index (κ2) is 31.4. The van der Waals surface area contributed by atoms with E-state index in [4.69, 9.17) is 0 Å². The van der Waals surface area contributed by atoms with Gasteiger partial charge in [-0.1, -0.05) is 194 Å². The van der Waals surface area contributed by atoms with Gasteiger partial charge in [0.15, 0.2) is 0 Å². The summed E-state index contributed by atoms with van der Waals surface area (Å²) < 4.78 is 0. The second-order valence-corrected chi connectivity index (χ2v) is 12.9. The van der Waals surface area contributed by atoms with Gasteiger partial charge in [0.05, 0.1) is 6.10 Å². The van der Waals surface area contributed by atoms with E-state index in [0.29, 0.717) is 5.92 Å². The summed E-state index contributed by atoms with van der Waals surface area (Å²) in [5.41, 5.74) is 0. The van der Waals surface area contributed by atoms with Crippen LogP contribution >= 0.6 is 0 Å². The lowest BCUT2D eigenvalue weighted by Crippen LogP contribution is -2.22. The van der Waals surface area contributed by atoms with Crippen molar-refractivity contribution in [3.63, 3.8) is 0 Å². The zero-order valence-electron chi connectivity index (χ0n) is 26.8. The molecule has 0 saturated heterocycles. The molecule has 0 aromatic heterocycles. The largest absolute Gasteiger partial charge is 0.396 e. The number of hydrogen-bond acceptors (Lipinski definition) is 2. The van der Waals surface area contributed by atoms with Crippen molar-refractivity contribution >= 4 is 0 Å². The van der Waals surface area contributed by atoms with Crippen LogP contribution in [0.15, 0.2) is 0 Å². The van der Waals surface area contributed by atoms with Gasteiger partial charge in [-0.05, 0) is 24.7 Å². The Morgan fingerprint density at radius 3 is 1.03 bits per heavy atom. The highest BCUT2D eigenvalue weighted by Gasteiger charge is 2.19. The molecule has 0 fully saturated rings. The lowest BCUT2D eigenvalue weighted by atomic mass is 9.85. The molecule has 0 aliphatic rings. The quantitative estimate of drug-likeness (QED) is 0.0836. The van der Waals surface area contributed by atoms with Crippen molar-refractivity contribution in [2.45, 2.75) is 213 Å². The fourth-order valence-corrected chi connectivity index (χ4v) is 6.07. The van der Waals surface area contributed by atoms with Crippen molar-refractivity contribution in [3.8, 4) is 0 Å². The predicted octanol–water partition coefficient (Wildman–Crippen LogP) is 11.9. The maximum absolute atomic E-state index is 10.6. The molecular formula is C36H74O2. The van der Waals surface area contributed by atoms with E-state index in [1.807, 2.05) is 0 Å². The Kier molecular flexibility index (Phi) is 31.4. The third-order valence-electron chi connectivity index (χ3n) is 9.02. The monoisotopic (exact) mass is 539 g/mol. The maximum atomic E-state index is 10.6. The first-order chi connectivity index (χ1) is 18.7. The van der Waals surface area contributed by atoms with Crippen LogP contribution in [0.5, 0.6) is 0 Å². The summed E-state index contributed by atoms with van der Waals surface area (Å²) in [5.74, 6) is 0.790. The van der Waals surface area contributed by atoms with E-state index in [1.54, 1.807) is 0 Å². The minimum Gasteiger partial charge on any atom is -0.396 e. The van der Waals surface area contributed by atoms with Gasteiger partial charge in [0.2, 0.25) is 0 Å². The molecule has 0 aliphatic heterocycles. The van der Waals surface area contributed by atoms with Gasteiger partial charge in [-0.15, -0.1) is 0 Å². The van der Waals surface area contributed by atoms with Gasteiger partial charge in [-0.3, -0.25) is 0 Å². The third-order valence-corrected chi connectivity index (χ3v) is 9.02. The first kappa shape index (κ1) is 37.9. The molecule has 0 saturated carbocycles. The van der Waals surface area contributed by atoms with Crippen LogP contribution in [0.1, 0.15) is 207 Å². The number of unbranched alkanes of at least 4 members (excludes halogenated alkanes) is 24. The highest BCUT2D eigenvalue weighted by atomic mass is 16.3. The van der Waals surface area contributed by atoms with Gasteiger partial charge in [-0.2, -0.15) is 0 Å². The van der Waals surface area contributed by atoms with E-state index in [9.17, 15) is 10.2 Å². The fourth-order valence-electron chi connectivity index (χ4n) is 6.07. The highest BCUT2D eigenvalue weighted by Crippen LogP contribution is 2.25. The number of aliphatic hydroxyl groups is 2. The lowest BCUT2D eigenvalue weighted by molar-refractivity contribution is 0.0826. The molecule has 0 aliphatic carbocycles. The minimum absolute atomic E-state index is 0.228. The standard InChI is InChI=1S/C36H74O2/c1-4-6-8-10-12-14-16-18-19-21-23-25-27-29-31-36(38)32-35(33-37)34(3)30-28-26-24-22-20-17-15-13-11-9-7-5-2/h34-38H,4-33H2,1-3H3. The first-order valence-electron chi connectivity index (χ1n) is 17.9. The van der Waals surface area contributed by atoms with E-state index in [0.717, 1.165) is 19.3 Å². The molecule has 0 bridgehead atoms. The third kappa shape index (κ3) is 27.5. The van der Waals surface area contributed by atoms with Crippen LogP contribution in [-0.4, -0.2) is 22.9 Å². The average molecular weight is 539 g/mol. The SMILES string of the molecule is CCCCCCCCCCCCCCCCC(O)CC(CO)C(C)CCCCCCCCCCCCCC. The molecule has 0 aromatic rings. The van der Waals surface area contributed by atoms with E-state index < -0.39 is 0 Å². The topological polar surface area (TPSA) is 40.5 Å². The Bertz CT molecular complexity index is 424. The molecule has 230 valence electrons. The number of hydrogen-bond donors (Lipinski definition) is 2. The summed E-state index contributed by atoms with van der Waals surface area (Å²) in [5, 5.41) is 20.5. The number of rotatable bonds is 32. The molecule has 2 nitrogen and oxygen atoms in total. The second-order valence-electron chi connectivity index (χ2n) is 12.9. The summed E-state index contributed by atoms with van der Waals surface area (Å²) in [4.78, 5) is 0. The Morgan fingerprint density at radius 1 is 0.421 bits per heavy atom. The highest BCUT2D eigenvalue weighted by molar-refractivity contribution is 4.71. The van der Waals surface area contributed by atoms with Crippen molar-refractivity contribution < 1.29 is 10.2 Å². The Labute approximate surface area is 241 Å². The zero-order chi connectivity index (χ0) is 27.9. The molecule has 0 heterocycles. The first-order valence-corrected chi connectivity index (χ1v) is 17.9. The van der Waals surface area contributed by atoms with E-state index >= 15 is 0 Å². The summed E-state index contributed by atoms with van der Waals surface area (Å²) >= 11 is 0. The summed E-state index contributed by atoms with van der Waals surface area (Å²) in [6, 6.07) is 0. The molecule has 3 atom stereocenters. The molecule has 3 unspecified atom stereocenters. The van der Waals surface area contributed by atoms with Gasteiger partial charge in [-0.25, -0.2) is 0 Å². The van der Waals surface area contributed by atoms with Gasteiger partial charge in [0.1, 0.15) is 0 Å². The summed E-state index contributed by atoms with van der Waals surface area (Å²) in [7, 11) is 0. The van der Waals surface area contributed by atoms with E-state index in [-0.39, 0.29) is 18.6 Å². The van der Waals surface area contributed by atoms with Crippen LogP contribution in [0.4, 0.5) is 0 Å². The van der Waals surface area contributed by atoms with Crippen molar-refractivity contribution in [3.05, 3.63) is 0 Å². The lowest BCUT2D eigenvalue weighted by Gasteiger charge is -2.24. The molecule has 0 radical (unpaired) electrons. The van der Waals surface area contributed by atoms with Crippen molar-refractivity contribution in [2.24, 2.45) is 11.8 Å². The molecule has 0 amide bonds. The average Bonchev–Trinajstić information content (AvgIpc) is 2.92. The smallest absolute Gasteiger partial charge is 0.0543 e. The molecule has 2 N–H and O–H groups in total. The number of aliphatic hydroxyl groups excluding tert-OH is 2. The summed E-state index contributed by atoms with van der Waals surface area (Å²) in [6.45, 7) is 7.10. The van der Waals surface area contributed by atoms with E-state index in [1.165, 1.54) is 167 Å². The molecule has 0 rings (SSSR count). The normalized spacial score (nSPS) is 14.1. The van der Waals surface area contributed by atoms with Crippen molar-refractivity contribution in [2.75, 3.05) is 6.61 Å². The maximum Gasteiger partial charge on any atom is 0.0543 e. The minimum atomic E-state index is -0.228. The van der Waals surface area contributed by atoms with Gasteiger partial charge in [0.25, 0.3) is 0 Å².